The van der Waals surface area contributed by atoms with E-state index < -0.39 is 0 Å². The Labute approximate surface area is 226 Å². The highest BCUT2D eigenvalue weighted by Gasteiger charge is 2.38. The normalized spacial score (nSPS) is 11.2. The zero-order chi connectivity index (χ0) is 23.0. The highest BCUT2D eigenvalue weighted by atomic mass is 35.5. The molecule has 0 saturated carbocycles. The molecule has 202 valence electrons. The van der Waals surface area contributed by atoms with Crippen molar-refractivity contribution >= 4 is 12.4 Å². The molecule has 4 heteroatoms. The predicted molar refractivity (Wildman–Crippen MR) is 153 cm³/mol. The van der Waals surface area contributed by atoms with Crippen molar-refractivity contribution < 1.29 is 16.9 Å². The molecule has 2 nitrogen and oxygen atoms in total. The van der Waals surface area contributed by atoms with Crippen LogP contribution < -0.4 is 18.6 Å². The Morgan fingerprint density at radius 3 is 1.62 bits per heavy atom. The van der Waals surface area contributed by atoms with Crippen LogP contribution in [0.4, 0.5) is 0 Å². The third-order valence-corrected chi connectivity index (χ3v) is 7.62. The summed E-state index contributed by atoms with van der Waals surface area (Å²) in [5.74, 6) is 0. The molecule has 0 radical (unpaired) electrons. The Hall–Kier alpha value is -0.540. The van der Waals surface area contributed by atoms with Gasteiger partial charge in [-0.05, 0) is 38.7 Å². The lowest BCUT2D eigenvalue weighted by atomic mass is 9.85. The molecule has 0 spiro atoms. The van der Waals surface area contributed by atoms with E-state index in [0.717, 1.165) is 10.9 Å². The van der Waals surface area contributed by atoms with Crippen molar-refractivity contribution in [2.75, 3.05) is 20.6 Å². The lowest BCUT2D eigenvalue weighted by molar-refractivity contribution is -0.945. The fourth-order valence-electron chi connectivity index (χ4n) is 4.76. The van der Waals surface area contributed by atoms with Crippen molar-refractivity contribution in [1.29, 1.82) is 0 Å². The molecule has 0 fully saturated rings. The quantitative estimate of drug-likeness (QED) is 0.122. The number of allylic oxidation sites excluding steroid dienone is 1. The van der Waals surface area contributed by atoms with Crippen LogP contribution in [-0.2, 0) is 12.0 Å². The number of benzene rings is 1. The average molecular weight is 518 g/mol. The van der Waals surface area contributed by atoms with E-state index in [1.165, 1.54) is 108 Å². The standard InChI is InChI=1S/C30H54N.2ClH.H3N/c1-7-9-10-11-12-13-14-15-16-17-18-19-20-23-27-31(5,6)30(3,4)29-26-22-21-25-28(29)24-8-2;;;/h8,21-22,25-26H,2,7,9-20,23-24,27H2,1,3-6H3;2*1H;1H3/q+1;;;/p-1. The van der Waals surface area contributed by atoms with Crippen LogP contribution in [0.15, 0.2) is 36.9 Å². The van der Waals surface area contributed by atoms with Crippen LogP contribution in [0.2, 0.25) is 0 Å². The van der Waals surface area contributed by atoms with E-state index in [0.29, 0.717) is 0 Å². The van der Waals surface area contributed by atoms with Gasteiger partial charge in [0, 0.05) is 5.56 Å². The molecule has 0 aliphatic carbocycles. The molecule has 1 aromatic rings. The van der Waals surface area contributed by atoms with Gasteiger partial charge >= 0.3 is 0 Å². The van der Waals surface area contributed by atoms with Gasteiger partial charge in [0.1, 0.15) is 5.54 Å². The summed E-state index contributed by atoms with van der Waals surface area (Å²) in [6.45, 7) is 12.3. The van der Waals surface area contributed by atoms with Crippen LogP contribution in [0.3, 0.4) is 0 Å². The van der Waals surface area contributed by atoms with Crippen LogP contribution in [-0.4, -0.2) is 25.1 Å². The molecular formula is C30H58Cl2N2. The number of hydrogen-bond donors (Lipinski definition) is 1. The van der Waals surface area contributed by atoms with E-state index in [9.17, 15) is 0 Å². The molecule has 0 amide bonds. The van der Waals surface area contributed by atoms with Gasteiger partial charge in [0.05, 0.1) is 20.6 Å². The Kier molecular flexibility index (Phi) is 24.3. The van der Waals surface area contributed by atoms with Gasteiger partial charge in [-0.1, -0.05) is 114 Å². The first-order chi connectivity index (χ1) is 14.9. The van der Waals surface area contributed by atoms with E-state index in [2.05, 4.69) is 65.7 Å². The summed E-state index contributed by atoms with van der Waals surface area (Å²) >= 11 is 0. The van der Waals surface area contributed by atoms with Gasteiger partial charge in [-0.25, -0.2) is 0 Å². The molecule has 0 heterocycles. The molecule has 0 atom stereocenters. The van der Waals surface area contributed by atoms with E-state index >= 15 is 0 Å². The number of hydrogen-bond acceptors (Lipinski definition) is 1. The van der Waals surface area contributed by atoms with Crippen molar-refractivity contribution in [2.45, 2.75) is 123 Å². The maximum atomic E-state index is 3.96. The van der Waals surface area contributed by atoms with Gasteiger partial charge in [-0.3, -0.25) is 0 Å². The maximum absolute atomic E-state index is 3.96. The van der Waals surface area contributed by atoms with Gasteiger partial charge in [0.15, 0.2) is 0 Å². The van der Waals surface area contributed by atoms with Gasteiger partial charge in [-0.15, -0.1) is 19.0 Å². The molecule has 0 unspecified atom stereocenters. The Morgan fingerprint density at radius 2 is 1.18 bits per heavy atom. The smallest absolute Gasteiger partial charge is 0.119 e. The van der Waals surface area contributed by atoms with Gasteiger partial charge in [0.2, 0.25) is 0 Å². The number of halogens is 2. The Balaban J connectivity index is -0.00000320. The number of nitrogens with zero attached hydrogens (tertiary/aromatic N) is 1. The third-order valence-electron chi connectivity index (χ3n) is 7.62. The van der Waals surface area contributed by atoms with Crippen LogP contribution in [0, 0.1) is 0 Å². The first kappa shape index (κ1) is 38.0. The largest absolute Gasteiger partial charge is 1.00 e. The van der Waals surface area contributed by atoms with Gasteiger partial charge in [0.25, 0.3) is 0 Å². The zero-order valence-electron chi connectivity index (χ0n) is 23.3. The number of quaternary nitrogens is 1. The van der Waals surface area contributed by atoms with Gasteiger partial charge < -0.3 is 23.0 Å². The molecule has 0 aromatic heterocycles. The molecular weight excluding hydrogens is 459 g/mol. The SMILES string of the molecule is C=CCc1ccccc1C(C)(C)[N+](C)(C)CCCCCCCCCCCCCCCC.Cl.N.[Cl-]. The lowest BCUT2D eigenvalue weighted by Gasteiger charge is -2.46. The Morgan fingerprint density at radius 1 is 0.765 bits per heavy atom. The first-order valence-electron chi connectivity index (χ1n) is 13.4. The third kappa shape index (κ3) is 14.1. The molecule has 34 heavy (non-hydrogen) atoms. The highest BCUT2D eigenvalue weighted by Crippen LogP contribution is 2.35. The van der Waals surface area contributed by atoms with E-state index in [4.69, 9.17) is 0 Å². The number of rotatable bonds is 19. The summed E-state index contributed by atoms with van der Waals surface area (Å²) in [6.07, 6.45) is 22.9. The fourth-order valence-corrected chi connectivity index (χ4v) is 4.76. The zero-order valence-corrected chi connectivity index (χ0v) is 24.9. The van der Waals surface area contributed by atoms with Crippen molar-refractivity contribution in [2.24, 2.45) is 0 Å². The lowest BCUT2D eigenvalue weighted by Crippen LogP contribution is -3.00. The molecule has 1 rings (SSSR count). The summed E-state index contributed by atoms with van der Waals surface area (Å²) in [6, 6.07) is 8.94. The fraction of sp³-hybridized carbons (Fsp3) is 0.733. The monoisotopic (exact) mass is 516 g/mol. The van der Waals surface area contributed by atoms with Crippen LogP contribution >= 0.6 is 12.4 Å². The molecule has 3 N–H and O–H groups in total. The summed E-state index contributed by atoms with van der Waals surface area (Å²) in [7, 11) is 4.82. The van der Waals surface area contributed by atoms with Crippen molar-refractivity contribution in [1.82, 2.24) is 6.15 Å². The summed E-state index contributed by atoms with van der Waals surface area (Å²) in [5.41, 5.74) is 3.01. The van der Waals surface area contributed by atoms with Crippen molar-refractivity contribution in [3.8, 4) is 0 Å². The minimum Gasteiger partial charge on any atom is -1.00 e. The first-order valence-corrected chi connectivity index (χ1v) is 13.4. The molecule has 1 aromatic carbocycles. The van der Waals surface area contributed by atoms with Crippen LogP contribution in [0.25, 0.3) is 0 Å². The molecule has 0 aliphatic heterocycles. The highest BCUT2D eigenvalue weighted by molar-refractivity contribution is 5.85. The second-order valence-corrected chi connectivity index (χ2v) is 10.7. The summed E-state index contributed by atoms with van der Waals surface area (Å²) < 4.78 is 1.04. The second-order valence-electron chi connectivity index (χ2n) is 10.7. The number of unbranched alkanes of at least 4 members (excludes halogenated alkanes) is 13. The van der Waals surface area contributed by atoms with E-state index in [-0.39, 0.29) is 36.5 Å². The summed E-state index contributed by atoms with van der Waals surface area (Å²) in [4.78, 5) is 0. The minimum atomic E-state index is 0. The Bertz CT molecular complexity index is 599. The molecule has 0 saturated heterocycles. The minimum absolute atomic E-state index is 0. The summed E-state index contributed by atoms with van der Waals surface area (Å²) in [5, 5.41) is 0. The van der Waals surface area contributed by atoms with Crippen molar-refractivity contribution in [3.63, 3.8) is 0 Å². The average Bonchev–Trinajstić information content (AvgIpc) is 2.74. The topological polar surface area (TPSA) is 35.0 Å². The van der Waals surface area contributed by atoms with Crippen molar-refractivity contribution in [3.05, 3.63) is 48.0 Å². The van der Waals surface area contributed by atoms with Crippen LogP contribution in [0.1, 0.15) is 122 Å². The van der Waals surface area contributed by atoms with E-state index in [1.807, 2.05) is 6.08 Å². The maximum Gasteiger partial charge on any atom is 0.119 e. The van der Waals surface area contributed by atoms with Gasteiger partial charge in [-0.2, -0.15) is 0 Å². The molecule has 0 aliphatic rings. The molecule has 0 bridgehead atoms. The second kappa shape index (κ2) is 21.7. The predicted octanol–water partition coefficient (Wildman–Crippen LogP) is 6.80. The van der Waals surface area contributed by atoms with E-state index in [1.54, 1.807) is 0 Å². The van der Waals surface area contributed by atoms with Crippen LogP contribution in [0.5, 0.6) is 0 Å².